The first-order chi connectivity index (χ1) is 7.66. The average Bonchev–Trinajstić information content (AvgIpc) is 2.24. The Bertz CT molecular complexity index is 193. The van der Waals surface area contributed by atoms with Crippen LogP contribution in [-0.2, 0) is 9.53 Å². The third-order valence-corrected chi connectivity index (χ3v) is 2.13. The fraction of sp³-hybridized carbons (Fsp3) is 0.750. The summed E-state index contributed by atoms with van der Waals surface area (Å²) in [5.41, 5.74) is 0. The number of ketones is 1. The second-order valence-electron chi connectivity index (χ2n) is 3.64. The normalized spacial score (nSPS) is 10.7. The zero-order valence-electron chi connectivity index (χ0n) is 9.59. The second kappa shape index (κ2) is 10.7. The number of alkyl halides is 2. The van der Waals surface area contributed by atoms with Crippen LogP contribution in [0.25, 0.3) is 0 Å². The number of hydrogen-bond acceptors (Lipinski definition) is 2. The molecule has 0 aliphatic heterocycles. The Kier molecular flexibility index (Phi) is 10.2. The third-order valence-electron chi connectivity index (χ3n) is 2.13. The molecule has 0 fully saturated rings. The van der Waals surface area contributed by atoms with E-state index in [0.29, 0.717) is 6.42 Å². The molecule has 16 heavy (non-hydrogen) atoms. The Balaban J connectivity index is 3.21. The van der Waals surface area contributed by atoms with Crippen LogP contribution < -0.4 is 0 Å². The van der Waals surface area contributed by atoms with Gasteiger partial charge in [0.15, 0.2) is 0 Å². The highest BCUT2D eigenvalue weighted by molar-refractivity contribution is 5.78. The van der Waals surface area contributed by atoms with Crippen molar-refractivity contribution in [1.82, 2.24) is 0 Å². The van der Waals surface area contributed by atoms with Gasteiger partial charge in [-0.3, -0.25) is 4.79 Å². The van der Waals surface area contributed by atoms with Gasteiger partial charge in [-0.2, -0.15) is 0 Å². The molecule has 0 saturated heterocycles. The molecule has 0 amide bonds. The van der Waals surface area contributed by atoms with Crippen LogP contribution in [0, 0.1) is 0 Å². The van der Waals surface area contributed by atoms with Gasteiger partial charge in [-0.05, 0) is 19.3 Å². The molecule has 0 spiro atoms. The zero-order valence-corrected chi connectivity index (χ0v) is 9.59. The highest BCUT2D eigenvalue weighted by atomic mass is 19.3. The van der Waals surface area contributed by atoms with Crippen molar-refractivity contribution in [1.29, 1.82) is 0 Å². The average molecular weight is 234 g/mol. The van der Waals surface area contributed by atoms with E-state index in [0.717, 1.165) is 25.7 Å². The van der Waals surface area contributed by atoms with Gasteiger partial charge in [0.1, 0.15) is 12.4 Å². The van der Waals surface area contributed by atoms with Crippen LogP contribution in [0.5, 0.6) is 0 Å². The molecule has 0 saturated carbocycles. The van der Waals surface area contributed by atoms with Crippen LogP contribution in [0.4, 0.5) is 8.78 Å². The molecule has 0 heterocycles. The van der Waals surface area contributed by atoms with Gasteiger partial charge in [0.05, 0.1) is 6.61 Å². The van der Waals surface area contributed by atoms with E-state index in [1.54, 1.807) is 0 Å². The summed E-state index contributed by atoms with van der Waals surface area (Å²) in [4.78, 5) is 11.2. The lowest BCUT2D eigenvalue weighted by Crippen LogP contribution is -2.09. The number of ether oxygens (including phenoxy) is 1. The van der Waals surface area contributed by atoms with Crippen molar-refractivity contribution in [2.45, 2.75) is 45.0 Å². The smallest absolute Gasteiger partial charge is 0.261 e. The summed E-state index contributed by atoms with van der Waals surface area (Å²) >= 11 is 0. The molecule has 0 aromatic heterocycles. The summed E-state index contributed by atoms with van der Waals surface area (Å²) in [6.07, 6.45) is 4.08. The SMILES string of the molecule is C=CCCCCCC(=O)CCOCC(F)F. The molecule has 94 valence electrons. The molecule has 0 N–H and O–H groups in total. The van der Waals surface area contributed by atoms with Crippen LogP contribution in [-0.4, -0.2) is 25.4 Å². The van der Waals surface area contributed by atoms with E-state index < -0.39 is 13.0 Å². The van der Waals surface area contributed by atoms with Crippen LogP contribution in [0.3, 0.4) is 0 Å². The Hall–Kier alpha value is -0.770. The van der Waals surface area contributed by atoms with Crippen LogP contribution in [0.2, 0.25) is 0 Å². The van der Waals surface area contributed by atoms with E-state index >= 15 is 0 Å². The maximum absolute atomic E-state index is 11.7. The summed E-state index contributed by atoms with van der Waals surface area (Å²) in [5, 5.41) is 0. The maximum Gasteiger partial charge on any atom is 0.261 e. The van der Waals surface area contributed by atoms with Crippen molar-refractivity contribution in [2.24, 2.45) is 0 Å². The first-order valence-electron chi connectivity index (χ1n) is 5.65. The van der Waals surface area contributed by atoms with Crippen molar-refractivity contribution in [3.63, 3.8) is 0 Å². The molecule has 0 bridgehead atoms. The van der Waals surface area contributed by atoms with E-state index in [-0.39, 0.29) is 18.8 Å². The molecule has 0 aromatic carbocycles. The minimum absolute atomic E-state index is 0.0906. The quantitative estimate of drug-likeness (QED) is 0.405. The van der Waals surface area contributed by atoms with E-state index in [9.17, 15) is 13.6 Å². The third kappa shape index (κ3) is 11.3. The fourth-order valence-corrected chi connectivity index (χ4v) is 1.27. The van der Waals surface area contributed by atoms with E-state index in [1.807, 2.05) is 6.08 Å². The van der Waals surface area contributed by atoms with Crippen molar-refractivity contribution < 1.29 is 18.3 Å². The number of carbonyl (C=O) groups excluding carboxylic acids is 1. The van der Waals surface area contributed by atoms with Gasteiger partial charge in [-0.1, -0.05) is 12.5 Å². The molecule has 0 unspecified atom stereocenters. The van der Waals surface area contributed by atoms with Crippen molar-refractivity contribution in [3.05, 3.63) is 12.7 Å². The lowest BCUT2D eigenvalue weighted by atomic mass is 10.1. The zero-order chi connectivity index (χ0) is 12.2. The molecule has 0 rings (SSSR count). The summed E-state index contributed by atoms with van der Waals surface area (Å²) in [7, 11) is 0. The van der Waals surface area contributed by atoms with Gasteiger partial charge in [0.2, 0.25) is 0 Å². The largest absolute Gasteiger partial charge is 0.375 e. The Morgan fingerprint density at radius 2 is 2.00 bits per heavy atom. The van der Waals surface area contributed by atoms with E-state index in [4.69, 9.17) is 0 Å². The number of rotatable bonds is 11. The minimum atomic E-state index is -2.45. The standard InChI is InChI=1S/C12H20F2O2/c1-2-3-4-5-6-7-11(15)8-9-16-10-12(13)14/h2,12H,1,3-10H2. The monoisotopic (exact) mass is 234 g/mol. The van der Waals surface area contributed by atoms with Crippen molar-refractivity contribution in [3.8, 4) is 0 Å². The molecule has 0 aliphatic rings. The van der Waals surface area contributed by atoms with Crippen molar-refractivity contribution >= 4 is 5.78 Å². The van der Waals surface area contributed by atoms with Crippen LogP contribution in [0.1, 0.15) is 38.5 Å². The second-order valence-corrected chi connectivity index (χ2v) is 3.64. The van der Waals surface area contributed by atoms with Gasteiger partial charge in [0, 0.05) is 12.8 Å². The molecular weight excluding hydrogens is 214 g/mol. The highest BCUT2D eigenvalue weighted by Gasteiger charge is 2.04. The molecule has 4 heteroatoms. The molecule has 0 aromatic rings. The molecule has 0 radical (unpaired) electrons. The topological polar surface area (TPSA) is 26.3 Å². The summed E-state index contributed by atoms with van der Waals surface area (Å²) in [6.45, 7) is 3.14. The molecular formula is C12H20F2O2. The predicted octanol–water partition coefficient (Wildman–Crippen LogP) is 3.36. The van der Waals surface area contributed by atoms with Gasteiger partial charge in [0.25, 0.3) is 6.43 Å². The predicted molar refractivity (Wildman–Crippen MR) is 59.7 cm³/mol. The minimum Gasteiger partial charge on any atom is -0.375 e. The lowest BCUT2D eigenvalue weighted by molar-refractivity contribution is -0.120. The highest BCUT2D eigenvalue weighted by Crippen LogP contribution is 2.05. The number of allylic oxidation sites excluding steroid dienone is 1. The molecule has 0 aliphatic carbocycles. The Morgan fingerprint density at radius 1 is 1.25 bits per heavy atom. The molecule has 0 atom stereocenters. The Morgan fingerprint density at radius 3 is 2.62 bits per heavy atom. The first-order valence-corrected chi connectivity index (χ1v) is 5.65. The number of hydrogen-bond donors (Lipinski definition) is 0. The number of Topliss-reactive ketones (excluding diaryl/α,β-unsaturated/α-hetero) is 1. The molecule has 2 nitrogen and oxygen atoms in total. The maximum atomic E-state index is 11.7. The number of carbonyl (C=O) groups is 1. The first kappa shape index (κ1) is 15.2. The summed E-state index contributed by atoms with van der Waals surface area (Å²) in [5.74, 6) is 0.0906. The van der Waals surface area contributed by atoms with Gasteiger partial charge in [-0.15, -0.1) is 6.58 Å². The summed E-state index contributed by atoms with van der Waals surface area (Å²) < 4.78 is 28.0. The van der Waals surface area contributed by atoms with Crippen LogP contribution in [0.15, 0.2) is 12.7 Å². The van der Waals surface area contributed by atoms with Crippen molar-refractivity contribution in [2.75, 3.05) is 13.2 Å². The summed E-state index contributed by atoms with van der Waals surface area (Å²) in [6, 6.07) is 0. The van der Waals surface area contributed by atoms with Crippen LogP contribution >= 0.6 is 0 Å². The number of unbranched alkanes of at least 4 members (excludes halogenated alkanes) is 3. The fourth-order valence-electron chi connectivity index (χ4n) is 1.27. The van der Waals surface area contributed by atoms with Gasteiger partial charge < -0.3 is 4.74 Å². The lowest BCUT2D eigenvalue weighted by Gasteiger charge is -2.03. The van der Waals surface area contributed by atoms with E-state index in [1.165, 1.54) is 0 Å². The number of halogens is 2. The Labute approximate surface area is 95.7 Å². The van der Waals surface area contributed by atoms with Gasteiger partial charge in [-0.25, -0.2) is 8.78 Å². The van der Waals surface area contributed by atoms with Gasteiger partial charge >= 0.3 is 0 Å². The van der Waals surface area contributed by atoms with E-state index in [2.05, 4.69) is 11.3 Å².